The number of amides is 1. The van der Waals surface area contributed by atoms with Crippen molar-refractivity contribution >= 4 is 37.6 Å². The summed E-state index contributed by atoms with van der Waals surface area (Å²) in [5, 5.41) is 3.11. The molecule has 0 aromatic heterocycles. The van der Waals surface area contributed by atoms with Crippen molar-refractivity contribution in [3.63, 3.8) is 0 Å². The van der Waals surface area contributed by atoms with E-state index in [1.165, 1.54) is 33.9 Å². The highest BCUT2D eigenvalue weighted by Crippen LogP contribution is 2.30. The van der Waals surface area contributed by atoms with Crippen molar-refractivity contribution in [3.8, 4) is 5.75 Å². The molecule has 36 heavy (non-hydrogen) atoms. The monoisotopic (exact) mass is 555 g/mol. The smallest absolute Gasteiger partial charge is 0.243 e. The molecule has 2 saturated heterocycles. The molecule has 0 unspecified atom stereocenters. The summed E-state index contributed by atoms with van der Waals surface area (Å²) in [6.45, 7) is 1.83. The normalized spacial score (nSPS) is 18.3. The SMILES string of the molecule is COc1ccc(S(=O)(=O)N2CCC(C(=O)NCc3ccc(S(=O)(=O)N4CCCC4)cc3)CC2)cc1Cl. The largest absolute Gasteiger partial charge is 0.495 e. The minimum absolute atomic E-state index is 0.0893. The van der Waals surface area contributed by atoms with E-state index in [2.05, 4.69) is 5.32 Å². The van der Waals surface area contributed by atoms with E-state index in [1.807, 2.05) is 0 Å². The molecule has 2 aliphatic rings. The van der Waals surface area contributed by atoms with Gasteiger partial charge in [-0.2, -0.15) is 8.61 Å². The van der Waals surface area contributed by atoms with Gasteiger partial charge in [-0.25, -0.2) is 16.8 Å². The first-order valence-corrected chi connectivity index (χ1v) is 15.1. The Morgan fingerprint density at radius 2 is 1.47 bits per heavy atom. The van der Waals surface area contributed by atoms with Crippen LogP contribution in [-0.4, -0.2) is 64.6 Å². The van der Waals surface area contributed by atoms with Crippen LogP contribution < -0.4 is 10.1 Å². The number of piperidine rings is 1. The molecule has 196 valence electrons. The molecule has 2 heterocycles. The molecule has 2 aliphatic heterocycles. The molecule has 9 nitrogen and oxygen atoms in total. The van der Waals surface area contributed by atoms with Crippen LogP contribution in [0.3, 0.4) is 0 Å². The summed E-state index contributed by atoms with van der Waals surface area (Å²) in [5.41, 5.74) is 0.792. The van der Waals surface area contributed by atoms with Crippen LogP contribution in [0.5, 0.6) is 5.75 Å². The molecule has 0 saturated carbocycles. The molecular formula is C24H30ClN3O6S2. The Morgan fingerprint density at radius 1 is 0.917 bits per heavy atom. The molecule has 0 atom stereocenters. The number of benzene rings is 2. The molecule has 1 N–H and O–H groups in total. The highest BCUT2D eigenvalue weighted by atomic mass is 35.5. The van der Waals surface area contributed by atoms with Crippen molar-refractivity contribution < 1.29 is 26.4 Å². The first kappa shape index (κ1) is 26.9. The number of nitrogens with one attached hydrogen (secondary N) is 1. The van der Waals surface area contributed by atoms with Gasteiger partial charge in [-0.15, -0.1) is 0 Å². The summed E-state index contributed by atoms with van der Waals surface area (Å²) in [6, 6.07) is 10.9. The zero-order valence-electron chi connectivity index (χ0n) is 20.0. The van der Waals surface area contributed by atoms with Gasteiger partial charge in [0.2, 0.25) is 26.0 Å². The van der Waals surface area contributed by atoms with Gasteiger partial charge in [-0.05, 0) is 61.6 Å². The maximum absolute atomic E-state index is 13.0. The average molecular weight is 556 g/mol. The van der Waals surface area contributed by atoms with Crippen LogP contribution in [0, 0.1) is 5.92 Å². The quantitative estimate of drug-likeness (QED) is 0.536. The molecule has 12 heteroatoms. The third-order valence-corrected chi connectivity index (χ3v) is 10.8. The van der Waals surface area contributed by atoms with E-state index in [4.69, 9.17) is 16.3 Å². The number of halogens is 1. The van der Waals surface area contributed by atoms with Gasteiger partial charge in [0.05, 0.1) is 21.9 Å². The fraction of sp³-hybridized carbons (Fsp3) is 0.458. The highest BCUT2D eigenvalue weighted by Gasteiger charge is 2.32. The molecule has 0 bridgehead atoms. The highest BCUT2D eigenvalue weighted by molar-refractivity contribution is 7.89. The summed E-state index contributed by atoms with van der Waals surface area (Å²) in [4.78, 5) is 13.0. The summed E-state index contributed by atoms with van der Waals surface area (Å²) in [6.07, 6.45) is 2.57. The Labute approximate surface area is 217 Å². The van der Waals surface area contributed by atoms with E-state index in [-0.39, 0.29) is 46.3 Å². The van der Waals surface area contributed by atoms with Gasteiger partial charge in [0.15, 0.2) is 0 Å². The van der Waals surface area contributed by atoms with Crippen molar-refractivity contribution in [2.24, 2.45) is 5.92 Å². The maximum Gasteiger partial charge on any atom is 0.243 e. The molecule has 0 radical (unpaired) electrons. The van der Waals surface area contributed by atoms with E-state index in [9.17, 15) is 21.6 Å². The topological polar surface area (TPSA) is 113 Å². The van der Waals surface area contributed by atoms with Gasteiger partial charge < -0.3 is 10.1 Å². The second kappa shape index (κ2) is 11.1. The fourth-order valence-corrected chi connectivity index (χ4v) is 7.84. The molecule has 1 amide bonds. The Hall–Kier alpha value is -2.18. The lowest BCUT2D eigenvalue weighted by atomic mass is 9.97. The van der Waals surface area contributed by atoms with Crippen LogP contribution in [0.4, 0.5) is 0 Å². The molecule has 0 aliphatic carbocycles. The predicted octanol–water partition coefficient (Wildman–Crippen LogP) is 2.85. The number of nitrogens with zero attached hydrogens (tertiary/aromatic N) is 2. The first-order chi connectivity index (χ1) is 17.1. The van der Waals surface area contributed by atoms with Crippen molar-refractivity contribution in [1.29, 1.82) is 0 Å². The third-order valence-electron chi connectivity index (χ3n) is 6.68. The van der Waals surface area contributed by atoms with Crippen LogP contribution in [0.1, 0.15) is 31.2 Å². The van der Waals surface area contributed by atoms with Crippen molar-refractivity contribution in [2.45, 2.75) is 42.0 Å². The molecule has 4 rings (SSSR count). The van der Waals surface area contributed by atoms with E-state index in [1.54, 1.807) is 24.3 Å². The Bertz CT molecular complexity index is 1300. The summed E-state index contributed by atoms with van der Waals surface area (Å²) in [7, 11) is -5.74. The fourth-order valence-electron chi connectivity index (χ4n) is 4.51. The lowest BCUT2D eigenvalue weighted by molar-refractivity contribution is -0.126. The van der Waals surface area contributed by atoms with Crippen LogP contribution in [-0.2, 0) is 31.4 Å². The van der Waals surface area contributed by atoms with E-state index < -0.39 is 20.0 Å². The van der Waals surface area contributed by atoms with Gasteiger partial charge in [-0.3, -0.25) is 4.79 Å². The number of carbonyl (C=O) groups is 1. The standard InChI is InChI=1S/C24H30ClN3O6S2/c1-34-23-9-8-21(16-22(23)25)36(32,33)28-14-10-19(11-15-28)24(29)26-17-18-4-6-20(7-5-18)35(30,31)27-12-2-3-13-27/h4-9,16,19H,2-3,10-15,17H2,1H3,(H,26,29). The summed E-state index contributed by atoms with van der Waals surface area (Å²) < 4.78 is 59.2. The predicted molar refractivity (Wildman–Crippen MR) is 136 cm³/mol. The van der Waals surface area contributed by atoms with E-state index >= 15 is 0 Å². The number of hydrogen-bond acceptors (Lipinski definition) is 6. The molecule has 0 spiro atoms. The minimum atomic E-state index is -3.73. The third kappa shape index (κ3) is 5.70. The number of methoxy groups -OCH3 is 1. The molecule has 2 aromatic carbocycles. The summed E-state index contributed by atoms with van der Waals surface area (Å²) >= 11 is 6.09. The first-order valence-electron chi connectivity index (χ1n) is 11.8. The van der Waals surface area contributed by atoms with Gasteiger partial charge in [0.1, 0.15) is 5.75 Å². The van der Waals surface area contributed by atoms with Gasteiger partial charge in [-0.1, -0.05) is 23.7 Å². The zero-order chi connectivity index (χ0) is 25.9. The minimum Gasteiger partial charge on any atom is -0.495 e. The molecule has 2 fully saturated rings. The van der Waals surface area contributed by atoms with Crippen LogP contribution >= 0.6 is 11.6 Å². The number of ether oxygens (including phenoxy) is 1. The molecule has 2 aromatic rings. The van der Waals surface area contributed by atoms with Crippen molar-refractivity contribution in [1.82, 2.24) is 13.9 Å². The Kier molecular flexibility index (Phi) is 8.25. The van der Waals surface area contributed by atoms with Crippen molar-refractivity contribution in [3.05, 3.63) is 53.1 Å². The lowest BCUT2D eigenvalue weighted by Crippen LogP contribution is -2.42. The van der Waals surface area contributed by atoms with E-state index in [0.29, 0.717) is 31.7 Å². The average Bonchev–Trinajstić information content (AvgIpc) is 3.44. The van der Waals surface area contributed by atoms with Gasteiger partial charge in [0, 0.05) is 38.6 Å². The Morgan fingerprint density at radius 3 is 2.06 bits per heavy atom. The zero-order valence-corrected chi connectivity index (χ0v) is 22.4. The van der Waals surface area contributed by atoms with Crippen LogP contribution in [0.25, 0.3) is 0 Å². The van der Waals surface area contributed by atoms with E-state index in [0.717, 1.165) is 18.4 Å². The van der Waals surface area contributed by atoms with Crippen LogP contribution in [0.2, 0.25) is 5.02 Å². The number of rotatable bonds is 8. The number of sulfonamides is 2. The van der Waals surface area contributed by atoms with Gasteiger partial charge in [0.25, 0.3) is 0 Å². The van der Waals surface area contributed by atoms with Gasteiger partial charge >= 0.3 is 0 Å². The van der Waals surface area contributed by atoms with Crippen molar-refractivity contribution in [2.75, 3.05) is 33.3 Å². The number of carbonyl (C=O) groups excluding carboxylic acids is 1. The second-order valence-corrected chi connectivity index (χ2v) is 13.2. The summed E-state index contributed by atoms with van der Waals surface area (Å²) in [5.74, 6) is -0.0483. The number of hydrogen-bond donors (Lipinski definition) is 1. The lowest BCUT2D eigenvalue weighted by Gasteiger charge is -2.30. The van der Waals surface area contributed by atoms with Crippen LogP contribution in [0.15, 0.2) is 52.3 Å². The Balaban J connectivity index is 1.29. The molecular weight excluding hydrogens is 526 g/mol. The maximum atomic E-state index is 13.0. The second-order valence-electron chi connectivity index (χ2n) is 8.95.